The molecule has 2 aromatic carbocycles. The fourth-order valence-corrected chi connectivity index (χ4v) is 1.71. The molecule has 0 aliphatic carbocycles. The summed E-state index contributed by atoms with van der Waals surface area (Å²) in [6, 6.07) is 13.9. The van der Waals surface area contributed by atoms with Crippen molar-refractivity contribution < 1.29 is 13.9 Å². The number of carbonyl (C=O) groups is 1. The van der Waals surface area contributed by atoms with Crippen molar-refractivity contribution in [1.29, 1.82) is 0 Å². The fraction of sp³-hybridized carbons (Fsp3) is 0.188. The lowest BCUT2D eigenvalue weighted by Crippen LogP contribution is -2.20. The topological polar surface area (TPSA) is 26.3 Å². The van der Waals surface area contributed by atoms with E-state index in [4.69, 9.17) is 4.74 Å². The monoisotopic (exact) mass is 258 g/mol. The third-order valence-corrected chi connectivity index (χ3v) is 2.91. The lowest BCUT2D eigenvalue weighted by atomic mass is 10.1. The number of Topliss-reactive ketones (excluding diaryl/α,β-unsaturated/α-hetero) is 1. The van der Waals surface area contributed by atoms with Gasteiger partial charge in [-0.15, -0.1) is 0 Å². The van der Waals surface area contributed by atoms with Crippen LogP contribution in [0.5, 0.6) is 5.75 Å². The molecule has 2 aromatic rings. The molecule has 0 saturated heterocycles. The number of ether oxygens (including phenoxy) is 1. The van der Waals surface area contributed by atoms with E-state index in [2.05, 4.69) is 0 Å². The van der Waals surface area contributed by atoms with Gasteiger partial charge in [-0.2, -0.15) is 0 Å². The first-order valence-corrected chi connectivity index (χ1v) is 6.10. The number of hydrogen-bond donors (Lipinski definition) is 0. The molecule has 0 aliphatic rings. The standard InChI is InChI=1S/C16H15FO2/c1-11(18)12(2)19-14-8-9-15(16(17)10-14)13-6-4-3-5-7-13/h3-10,12H,1-2H3/t12-/m0/s1. The van der Waals surface area contributed by atoms with E-state index in [1.165, 1.54) is 13.0 Å². The third kappa shape index (κ3) is 3.19. The number of halogens is 1. The molecule has 0 amide bonds. The average Bonchev–Trinajstić information content (AvgIpc) is 2.39. The number of carbonyl (C=O) groups excluding carboxylic acids is 1. The van der Waals surface area contributed by atoms with Gasteiger partial charge in [-0.05, 0) is 31.5 Å². The zero-order chi connectivity index (χ0) is 13.8. The highest BCUT2D eigenvalue weighted by molar-refractivity contribution is 5.80. The maximum absolute atomic E-state index is 14.0. The minimum atomic E-state index is -0.568. The third-order valence-electron chi connectivity index (χ3n) is 2.91. The molecule has 0 saturated carbocycles. The van der Waals surface area contributed by atoms with E-state index in [0.717, 1.165) is 5.56 Å². The maximum Gasteiger partial charge on any atom is 0.169 e. The minimum Gasteiger partial charge on any atom is -0.483 e. The number of rotatable bonds is 4. The van der Waals surface area contributed by atoms with Crippen LogP contribution >= 0.6 is 0 Å². The molecular weight excluding hydrogens is 243 g/mol. The zero-order valence-corrected chi connectivity index (χ0v) is 10.9. The van der Waals surface area contributed by atoms with Crippen molar-refractivity contribution in [3.63, 3.8) is 0 Å². The predicted octanol–water partition coefficient (Wildman–Crippen LogP) is 3.85. The van der Waals surface area contributed by atoms with Gasteiger partial charge in [-0.3, -0.25) is 4.79 Å². The van der Waals surface area contributed by atoms with E-state index in [0.29, 0.717) is 11.3 Å². The fourth-order valence-electron chi connectivity index (χ4n) is 1.71. The van der Waals surface area contributed by atoms with Gasteiger partial charge in [-0.25, -0.2) is 4.39 Å². The second-order valence-corrected chi connectivity index (χ2v) is 4.38. The van der Waals surface area contributed by atoms with Crippen LogP contribution in [-0.2, 0) is 4.79 Å². The van der Waals surface area contributed by atoms with Gasteiger partial charge in [0.1, 0.15) is 11.6 Å². The van der Waals surface area contributed by atoms with Crippen LogP contribution in [0.4, 0.5) is 4.39 Å². The van der Waals surface area contributed by atoms with Crippen LogP contribution in [0.3, 0.4) is 0 Å². The van der Waals surface area contributed by atoms with Gasteiger partial charge in [0.05, 0.1) is 0 Å². The van der Waals surface area contributed by atoms with E-state index in [9.17, 15) is 9.18 Å². The van der Waals surface area contributed by atoms with Crippen molar-refractivity contribution in [1.82, 2.24) is 0 Å². The van der Waals surface area contributed by atoms with Crippen molar-refractivity contribution in [2.45, 2.75) is 20.0 Å². The highest BCUT2D eigenvalue weighted by atomic mass is 19.1. The summed E-state index contributed by atoms with van der Waals surface area (Å²) in [5.41, 5.74) is 1.33. The van der Waals surface area contributed by atoms with Crippen LogP contribution in [-0.4, -0.2) is 11.9 Å². The molecule has 2 rings (SSSR count). The molecule has 0 aliphatic heterocycles. The zero-order valence-electron chi connectivity index (χ0n) is 10.9. The predicted molar refractivity (Wildman–Crippen MR) is 72.6 cm³/mol. The van der Waals surface area contributed by atoms with Crippen LogP contribution in [0.25, 0.3) is 11.1 Å². The van der Waals surface area contributed by atoms with Gasteiger partial charge in [0.15, 0.2) is 11.9 Å². The summed E-state index contributed by atoms with van der Waals surface area (Å²) in [5.74, 6) is -0.0909. The first kappa shape index (κ1) is 13.3. The lowest BCUT2D eigenvalue weighted by molar-refractivity contribution is -0.122. The van der Waals surface area contributed by atoms with E-state index in [-0.39, 0.29) is 11.6 Å². The molecule has 0 N–H and O–H groups in total. The highest BCUT2D eigenvalue weighted by Crippen LogP contribution is 2.26. The Labute approximate surface area is 111 Å². The Bertz CT molecular complexity index is 579. The Morgan fingerprint density at radius 1 is 1.16 bits per heavy atom. The van der Waals surface area contributed by atoms with Crippen molar-refractivity contribution in [2.24, 2.45) is 0 Å². The number of benzene rings is 2. The largest absolute Gasteiger partial charge is 0.483 e. The molecule has 1 atom stereocenters. The quantitative estimate of drug-likeness (QED) is 0.832. The van der Waals surface area contributed by atoms with Crippen molar-refractivity contribution in [3.05, 3.63) is 54.3 Å². The SMILES string of the molecule is CC(=O)[C@H](C)Oc1ccc(-c2ccccc2)c(F)c1. The summed E-state index contributed by atoms with van der Waals surface area (Å²) in [6.07, 6.45) is -0.568. The van der Waals surface area contributed by atoms with Gasteiger partial charge in [0.2, 0.25) is 0 Å². The molecule has 0 radical (unpaired) electrons. The first-order chi connectivity index (χ1) is 9.08. The molecule has 98 valence electrons. The average molecular weight is 258 g/mol. The summed E-state index contributed by atoms with van der Waals surface area (Å²) >= 11 is 0. The van der Waals surface area contributed by atoms with Gasteiger partial charge < -0.3 is 4.74 Å². The molecule has 0 fully saturated rings. The molecule has 0 spiro atoms. The smallest absolute Gasteiger partial charge is 0.169 e. The van der Waals surface area contributed by atoms with Crippen LogP contribution in [0.2, 0.25) is 0 Å². The molecule has 3 heteroatoms. The second-order valence-electron chi connectivity index (χ2n) is 4.38. The molecule has 2 nitrogen and oxygen atoms in total. The summed E-state index contributed by atoms with van der Waals surface area (Å²) in [6.45, 7) is 3.09. The van der Waals surface area contributed by atoms with Gasteiger partial charge >= 0.3 is 0 Å². The van der Waals surface area contributed by atoms with Gasteiger partial charge in [0.25, 0.3) is 0 Å². The van der Waals surface area contributed by atoms with Crippen molar-refractivity contribution in [2.75, 3.05) is 0 Å². The van der Waals surface area contributed by atoms with Crippen LogP contribution in [0.15, 0.2) is 48.5 Å². The normalized spacial score (nSPS) is 11.9. The molecule has 0 bridgehead atoms. The summed E-state index contributed by atoms with van der Waals surface area (Å²) in [4.78, 5) is 11.1. The molecule has 0 aromatic heterocycles. The summed E-state index contributed by atoms with van der Waals surface area (Å²) < 4.78 is 19.4. The van der Waals surface area contributed by atoms with Gasteiger partial charge in [-0.1, -0.05) is 30.3 Å². The summed E-state index contributed by atoms with van der Waals surface area (Å²) in [5, 5.41) is 0. The molecule has 0 heterocycles. The first-order valence-electron chi connectivity index (χ1n) is 6.10. The number of ketones is 1. The van der Waals surface area contributed by atoms with E-state index < -0.39 is 6.10 Å². The number of hydrogen-bond acceptors (Lipinski definition) is 2. The minimum absolute atomic E-state index is 0.0902. The Kier molecular flexibility index (Phi) is 3.95. The van der Waals surface area contributed by atoms with Crippen molar-refractivity contribution in [3.8, 4) is 16.9 Å². The maximum atomic E-state index is 14.0. The van der Waals surface area contributed by atoms with Crippen LogP contribution in [0, 0.1) is 5.82 Å². The Balaban J connectivity index is 2.25. The van der Waals surface area contributed by atoms with Crippen molar-refractivity contribution >= 4 is 5.78 Å². The Hall–Kier alpha value is -2.16. The van der Waals surface area contributed by atoms with Crippen LogP contribution in [0.1, 0.15) is 13.8 Å². The Morgan fingerprint density at radius 3 is 2.42 bits per heavy atom. The van der Waals surface area contributed by atoms with E-state index >= 15 is 0 Å². The lowest BCUT2D eigenvalue weighted by Gasteiger charge is -2.12. The molecule has 0 unspecified atom stereocenters. The second kappa shape index (κ2) is 5.65. The van der Waals surface area contributed by atoms with Gasteiger partial charge in [0, 0.05) is 11.6 Å². The van der Waals surface area contributed by atoms with Crippen LogP contribution < -0.4 is 4.74 Å². The van der Waals surface area contributed by atoms with E-state index in [1.54, 1.807) is 19.1 Å². The molecule has 19 heavy (non-hydrogen) atoms. The summed E-state index contributed by atoms with van der Waals surface area (Å²) in [7, 11) is 0. The Morgan fingerprint density at radius 2 is 1.84 bits per heavy atom. The molecular formula is C16H15FO2. The highest BCUT2D eigenvalue weighted by Gasteiger charge is 2.11. The van der Waals surface area contributed by atoms with E-state index in [1.807, 2.05) is 30.3 Å².